The summed E-state index contributed by atoms with van der Waals surface area (Å²) in [6.45, 7) is 0. The number of halogens is 4. The van der Waals surface area contributed by atoms with Crippen molar-refractivity contribution < 1.29 is 17.7 Å². The zero-order chi connectivity index (χ0) is 17.3. The summed E-state index contributed by atoms with van der Waals surface area (Å²) in [5.41, 5.74) is 2.50. The minimum absolute atomic E-state index is 0.519. The number of nitrogens with zero attached hydrogens (tertiary/aromatic N) is 1. The molecule has 0 spiro atoms. The number of aryl methyl sites for hydroxylation is 1. The molecule has 0 fully saturated rings. The van der Waals surface area contributed by atoms with E-state index in [0.29, 0.717) is 11.1 Å². The second kappa shape index (κ2) is 6.40. The summed E-state index contributed by atoms with van der Waals surface area (Å²) in [6, 6.07) is 15.1. The fourth-order valence-electron chi connectivity index (χ4n) is 2.59. The molecule has 0 amide bonds. The fraction of sp³-hybridized carbons (Fsp3) is 0.105. The molecule has 0 aliphatic heterocycles. The highest BCUT2D eigenvalue weighted by atomic mass is 79.9. The molecule has 0 unspecified atom stereocenters. The van der Waals surface area contributed by atoms with Crippen LogP contribution in [0.3, 0.4) is 0 Å². The Balaban J connectivity index is 2.18. The van der Waals surface area contributed by atoms with E-state index in [-0.39, 0.29) is 0 Å². The average Bonchev–Trinajstić information content (AvgIpc) is 2.57. The highest BCUT2D eigenvalue weighted by molar-refractivity contribution is 9.10. The van der Waals surface area contributed by atoms with Crippen molar-refractivity contribution in [2.45, 2.75) is 6.18 Å². The standard InChI is InChI=1S/C19H14BrF3N/c1-24-11-16(13-6-3-2-4-7-13)18(20)17(12-24)14-8-5-9-15(10-14)19(21,22)23/h2-12H,1H3/q+1. The Morgan fingerprint density at radius 2 is 1.42 bits per heavy atom. The van der Waals surface area contributed by atoms with Crippen LogP contribution in [0.4, 0.5) is 13.2 Å². The van der Waals surface area contributed by atoms with Crippen molar-refractivity contribution in [3.8, 4) is 22.3 Å². The van der Waals surface area contributed by atoms with Gasteiger partial charge in [-0.1, -0.05) is 42.5 Å². The van der Waals surface area contributed by atoms with Gasteiger partial charge in [-0.2, -0.15) is 13.2 Å². The molecule has 0 aliphatic rings. The Morgan fingerprint density at radius 1 is 0.833 bits per heavy atom. The van der Waals surface area contributed by atoms with Gasteiger partial charge in [-0.25, -0.2) is 4.57 Å². The zero-order valence-corrected chi connectivity index (χ0v) is 14.4. The van der Waals surface area contributed by atoms with E-state index in [9.17, 15) is 13.2 Å². The summed E-state index contributed by atoms with van der Waals surface area (Å²) in [7, 11) is 1.86. The van der Waals surface area contributed by atoms with Crippen LogP contribution in [0.1, 0.15) is 5.56 Å². The van der Waals surface area contributed by atoms with Crippen molar-refractivity contribution in [2.75, 3.05) is 0 Å². The second-order valence-corrected chi connectivity index (χ2v) is 6.30. The first-order valence-corrected chi connectivity index (χ1v) is 8.07. The third-order valence-electron chi connectivity index (χ3n) is 3.72. The number of pyridine rings is 1. The first-order valence-electron chi connectivity index (χ1n) is 7.28. The number of aromatic nitrogens is 1. The summed E-state index contributed by atoms with van der Waals surface area (Å²) in [4.78, 5) is 0. The predicted molar refractivity (Wildman–Crippen MR) is 91.2 cm³/mol. The molecule has 0 N–H and O–H groups in total. The topological polar surface area (TPSA) is 3.88 Å². The van der Waals surface area contributed by atoms with Gasteiger partial charge in [0.1, 0.15) is 7.05 Å². The van der Waals surface area contributed by atoms with Crippen molar-refractivity contribution in [1.29, 1.82) is 0 Å². The van der Waals surface area contributed by atoms with Crippen LogP contribution in [-0.4, -0.2) is 0 Å². The lowest BCUT2D eigenvalue weighted by atomic mass is 10.00. The van der Waals surface area contributed by atoms with Gasteiger partial charge in [0.25, 0.3) is 0 Å². The van der Waals surface area contributed by atoms with Gasteiger partial charge in [-0.15, -0.1) is 0 Å². The van der Waals surface area contributed by atoms with Crippen molar-refractivity contribution in [3.63, 3.8) is 0 Å². The molecule has 0 bridgehead atoms. The average molecular weight is 393 g/mol. The maximum Gasteiger partial charge on any atom is 0.416 e. The zero-order valence-electron chi connectivity index (χ0n) is 12.8. The number of benzene rings is 2. The summed E-state index contributed by atoms with van der Waals surface area (Å²) in [5.74, 6) is 0. The van der Waals surface area contributed by atoms with E-state index in [1.54, 1.807) is 6.07 Å². The van der Waals surface area contributed by atoms with Crippen LogP contribution in [0.25, 0.3) is 22.3 Å². The summed E-state index contributed by atoms with van der Waals surface area (Å²) < 4.78 is 41.6. The summed E-state index contributed by atoms with van der Waals surface area (Å²) in [5, 5.41) is 0. The molecule has 0 saturated heterocycles. The lowest BCUT2D eigenvalue weighted by Crippen LogP contribution is -2.27. The van der Waals surface area contributed by atoms with Crippen LogP contribution in [0, 0.1) is 0 Å². The molecule has 122 valence electrons. The Bertz CT molecular complexity index is 874. The molecule has 0 aliphatic carbocycles. The molecule has 0 atom stereocenters. The van der Waals surface area contributed by atoms with Gasteiger partial charge in [-0.05, 0) is 39.2 Å². The Kier molecular flexibility index (Phi) is 4.45. The van der Waals surface area contributed by atoms with E-state index in [4.69, 9.17) is 0 Å². The highest BCUT2D eigenvalue weighted by Gasteiger charge is 2.30. The SMILES string of the molecule is C[n+]1cc(-c2ccccc2)c(Br)c(-c2cccc(C(F)(F)F)c2)c1. The van der Waals surface area contributed by atoms with E-state index >= 15 is 0 Å². The van der Waals surface area contributed by atoms with E-state index in [1.807, 2.05) is 54.3 Å². The Labute approximate surface area is 146 Å². The van der Waals surface area contributed by atoms with Gasteiger partial charge in [0.15, 0.2) is 12.4 Å². The van der Waals surface area contributed by atoms with Crippen LogP contribution in [0.5, 0.6) is 0 Å². The molecule has 1 aromatic heterocycles. The quantitative estimate of drug-likeness (QED) is 0.497. The molecule has 3 aromatic rings. The molecule has 1 nitrogen and oxygen atoms in total. The monoisotopic (exact) mass is 392 g/mol. The number of rotatable bonds is 2. The smallest absolute Gasteiger partial charge is 0.207 e. The maximum atomic E-state index is 13.0. The molecule has 2 aromatic carbocycles. The number of hydrogen-bond donors (Lipinski definition) is 0. The van der Waals surface area contributed by atoms with E-state index in [1.165, 1.54) is 12.1 Å². The van der Waals surface area contributed by atoms with Crippen molar-refractivity contribution >= 4 is 15.9 Å². The third-order valence-corrected chi connectivity index (χ3v) is 4.58. The van der Waals surface area contributed by atoms with E-state index < -0.39 is 11.7 Å². The Morgan fingerprint density at radius 3 is 2.04 bits per heavy atom. The summed E-state index contributed by atoms with van der Waals surface area (Å²) >= 11 is 3.57. The molecular weight excluding hydrogens is 379 g/mol. The van der Waals surface area contributed by atoms with E-state index in [2.05, 4.69) is 15.9 Å². The number of hydrogen-bond acceptors (Lipinski definition) is 0. The lowest BCUT2D eigenvalue weighted by molar-refractivity contribution is -0.670. The fourth-order valence-corrected chi connectivity index (χ4v) is 3.25. The van der Waals surface area contributed by atoms with Gasteiger partial charge >= 0.3 is 6.18 Å². The summed E-state index contributed by atoms with van der Waals surface area (Å²) in [6.07, 6.45) is -0.607. The van der Waals surface area contributed by atoms with Crippen LogP contribution < -0.4 is 4.57 Å². The van der Waals surface area contributed by atoms with Crippen molar-refractivity contribution in [3.05, 3.63) is 77.0 Å². The number of alkyl halides is 3. The first-order chi connectivity index (χ1) is 11.4. The Hall–Kier alpha value is -2.14. The van der Waals surface area contributed by atoms with Gasteiger partial charge in [0, 0.05) is 4.47 Å². The van der Waals surface area contributed by atoms with Gasteiger partial charge < -0.3 is 0 Å². The predicted octanol–water partition coefficient (Wildman–Crippen LogP) is 5.63. The second-order valence-electron chi connectivity index (χ2n) is 5.51. The van der Waals surface area contributed by atoms with Crippen LogP contribution in [-0.2, 0) is 13.2 Å². The third kappa shape index (κ3) is 3.36. The highest BCUT2D eigenvalue weighted by Crippen LogP contribution is 2.37. The van der Waals surface area contributed by atoms with Gasteiger partial charge in [0.05, 0.1) is 16.7 Å². The minimum Gasteiger partial charge on any atom is -0.207 e. The molecule has 1 heterocycles. The maximum absolute atomic E-state index is 13.0. The minimum atomic E-state index is -4.36. The lowest BCUT2D eigenvalue weighted by Gasteiger charge is -2.11. The van der Waals surface area contributed by atoms with Crippen molar-refractivity contribution in [1.82, 2.24) is 0 Å². The van der Waals surface area contributed by atoms with Crippen LogP contribution >= 0.6 is 15.9 Å². The van der Waals surface area contributed by atoms with E-state index in [0.717, 1.165) is 21.7 Å². The molecule has 0 saturated carbocycles. The first kappa shape index (κ1) is 16.7. The molecule has 5 heteroatoms. The van der Waals surface area contributed by atoms with Gasteiger partial charge in [-0.3, -0.25) is 0 Å². The van der Waals surface area contributed by atoms with Crippen molar-refractivity contribution in [2.24, 2.45) is 7.05 Å². The van der Waals surface area contributed by atoms with Crippen LogP contribution in [0.2, 0.25) is 0 Å². The molecule has 0 radical (unpaired) electrons. The van der Waals surface area contributed by atoms with Gasteiger partial charge in [0.2, 0.25) is 0 Å². The van der Waals surface area contributed by atoms with Crippen LogP contribution in [0.15, 0.2) is 71.5 Å². The molecule has 24 heavy (non-hydrogen) atoms. The molecule has 3 rings (SSSR count). The molecular formula is C19H14BrF3N+. The largest absolute Gasteiger partial charge is 0.416 e. The normalized spacial score (nSPS) is 11.5.